The van der Waals surface area contributed by atoms with Crippen molar-refractivity contribution >= 4 is 24.2 Å². The normalized spacial score (nSPS) is 15.4. The summed E-state index contributed by atoms with van der Waals surface area (Å²) in [6.45, 7) is 7.17. The number of piperazine rings is 1. The van der Waals surface area contributed by atoms with Crippen LogP contribution in [0.5, 0.6) is 0 Å². The zero-order valence-electron chi connectivity index (χ0n) is 18.0. The highest BCUT2D eigenvalue weighted by atomic mass is 35.5. The van der Waals surface area contributed by atoms with Crippen molar-refractivity contribution in [1.29, 1.82) is 0 Å². The van der Waals surface area contributed by atoms with Gasteiger partial charge in [-0.25, -0.2) is 0 Å². The number of amides is 2. The third kappa shape index (κ3) is 6.57. The van der Waals surface area contributed by atoms with Crippen molar-refractivity contribution in [2.75, 3.05) is 33.2 Å². The van der Waals surface area contributed by atoms with E-state index in [0.29, 0.717) is 18.8 Å². The van der Waals surface area contributed by atoms with Gasteiger partial charge in [0, 0.05) is 37.9 Å². The maximum absolute atomic E-state index is 12.7. The number of aromatic nitrogens is 2. The molecule has 1 N–H and O–H groups in total. The van der Waals surface area contributed by atoms with E-state index < -0.39 is 0 Å². The highest BCUT2D eigenvalue weighted by Crippen LogP contribution is 2.10. The highest BCUT2D eigenvalue weighted by molar-refractivity contribution is 5.92. The third-order valence-corrected chi connectivity index (χ3v) is 5.40. The van der Waals surface area contributed by atoms with Crippen LogP contribution in [0.4, 0.5) is 0 Å². The number of nitrogens with zero attached hydrogens (tertiary/aromatic N) is 4. The van der Waals surface area contributed by atoms with E-state index in [4.69, 9.17) is 0 Å². The molecule has 1 unspecified atom stereocenters. The van der Waals surface area contributed by atoms with Crippen LogP contribution in [0, 0.1) is 6.92 Å². The van der Waals surface area contributed by atoms with Crippen LogP contribution in [0.3, 0.4) is 0 Å². The highest BCUT2D eigenvalue weighted by Gasteiger charge is 2.23. The summed E-state index contributed by atoms with van der Waals surface area (Å²) in [4.78, 5) is 29.2. The largest absolute Gasteiger partial charge is 0.352 e. The van der Waals surface area contributed by atoms with E-state index in [0.717, 1.165) is 31.6 Å². The van der Waals surface area contributed by atoms with Crippen LogP contribution in [0.1, 0.15) is 35.1 Å². The molecule has 164 valence electrons. The molecule has 2 aromatic rings. The molecule has 1 fully saturated rings. The molecule has 30 heavy (non-hydrogen) atoms. The van der Waals surface area contributed by atoms with E-state index in [2.05, 4.69) is 34.5 Å². The van der Waals surface area contributed by atoms with Gasteiger partial charge in [0.15, 0.2) is 5.69 Å². The smallest absolute Gasteiger partial charge is 0.274 e. The van der Waals surface area contributed by atoms with Crippen LogP contribution in [-0.4, -0.2) is 70.7 Å². The Labute approximate surface area is 184 Å². The van der Waals surface area contributed by atoms with E-state index in [1.54, 1.807) is 10.7 Å². The number of rotatable bonds is 7. The van der Waals surface area contributed by atoms with Gasteiger partial charge in [-0.3, -0.25) is 14.3 Å². The second-order valence-corrected chi connectivity index (χ2v) is 7.92. The SMILES string of the molecule is Cc1cc(C(=O)N2CCN(C)CC2)nn1CC(=O)NC(C)CCc1ccccc1.Cl. The second-order valence-electron chi connectivity index (χ2n) is 7.92. The summed E-state index contributed by atoms with van der Waals surface area (Å²) >= 11 is 0. The second kappa shape index (κ2) is 11.1. The molecule has 1 aromatic heterocycles. The Bertz CT molecular complexity index is 831. The molecule has 2 heterocycles. The van der Waals surface area contributed by atoms with E-state index in [1.807, 2.05) is 36.9 Å². The molecule has 0 aliphatic carbocycles. The molecule has 7 nitrogen and oxygen atoms in total. The summed E-state index contributed by atoms with van der Waals surface area (Å²) in [7, 11) is 2.06. The van der Waals surface area contributed by atoms with E-state index in [1.165, 1.54) is 5.56 Å². The first-order chi connectivity index (χ1) is 13.9. The third-order valence-electron chi connectivity index (χ3n) is 5.40. The molecule has 1 atom stereocenters. The van der Waals surface area contributed by atoms with Gasteiger partial charge in [0.25, 0.3) is 5.91 Å². The monoisotopic (exact) mass is 433 g/mol. The fourth-order valence-corrected chi connectivity index (χ4v) is 3.50. The number of hydrogen-bond donors (Lipinski definition) is 1. The quantitative estimate of drug-likeness (QED) is 0.726. The predicted octanol–water partition coefficient (Wildman–Crippen LogP) is 2.14. The topological polar surface area (TPSA) is 70.5 Å². The van der Waals surface area contributed by atoms with Crippen LogP contribution in [-0.2, 0) is 17.8 Å². The lowest BCUT2D eigenvalue weighted by Gasteiger charge is -2.31. The first-order valence-corrected chi connectivity index (χ1v) is 10.3. The summed E-state index contributed by atoms with van der Waals surface area (Å²) in [6.07, 6.45) is 1.80. The molecular weight excluding hydrogens is 402 g/mol. The van der Waals surface area contributed by atoms with Crippen LogP contribution in [0.25, 0.3) is 0 Å². The first-order valence-electron chi connectivity index (χ1n) is 10.3. The number of hydrogen-bond acceptors (Lipinski definition) is 4. The van der Waals surface area contributed by atoms with Crippen LogP contribution in [0.15, 0.2) is 36.4 Å². The lowest BCUT2D eigenvalue weighted by atomic mass is 10.1. The van der Waals surface area contributed by atoms with E-state index in [-0.39, 0.29) is 36.8 Å². The van der Waals surface area contributed by atoms with Gasteiger partial charge >= 0.3 is 0 Å². The van der Waals surface area contributed by atoms with Crippen molar-refractivity contribution in [3.63, 3.8) is 0 Å². The molecule has 8 heteroatoms. The number of carbonyl (C=O) groups excluding carboxylic acids is 2. The van der Waals surface area contributed by atoms with Gasteiger partial charge in [-0.2, -0.15) is 5.10 Å². The minimum atomic E-state index is -0.0876. The molecule has 1 aliphatic heterocycles. The molecule has 0 radical (unpaired) electrons. The maximum Gasteiger partial charge on any atom is 0.274 e. The van der Waals surface area contributed by atoms with E-state index >= 15 is 0 Å². The summed E-state index contributed by atoms with van der Waals surface area (Å²) in [5, 5.41) is 7.43. The number of benzene rings is 1. The Morgan fingerprint density at radius 2 is 1.80 bits per heavy atom. The Morgan fingerprint density at radius 1 is 1.13 bits per heavy atom. The summed E-state index contributed by atoms with van der Waals surface area (Å²) in [5.41, 5.74) is 2.50. The van der Waals surface area contributed by atoms with Crippen LogP contribution < -0.4 is 5.32 Å². The number of nitrogens with one attached hydrogen (secondary N) is 1. The van der Waals surface area contributed by atoms with Crippen molar-refractivity contribution in [1.82, 2.24) is 24.9 Å². The van der Waals surface area contributed by atoms with Crippen molar-refractivity contribution in [3.05, 3.63) is 53.3 Å². The fraction of sp³-hybridized carbons (Fsp3) is 0.500. The van der Waals surface area contributed by atoms with Crippen LogP contribution >= 0.6 is 12.4 Å². The lowest BCUT2D eigenvalue weighted by Crippen LogP contribution is -2.47. The molecule has 0 spiro atoms. The summed E-state index contributed by atoms with van der Waals surface area (Å²) < 4.78 is 1.61. The van der Waals surface area contributed by atoms with Crippen LogP contribution in [0.2, 0.25) is 0 Å². The van der Waals surface area contributed by atoms with Gasteiger partial charge < -0.3 is 15.1 Å². The summed E-state index contributed by atoms with van der Waals surface area (Å²) in [5.74, 6) is -0.146. The fourth-order valence-electron chi connectivity index (χ4n) is 3.50. The molecule has 1 saturated heterocycles. The molecule has 3 rings (SSSR count). The minimum absolute atomic E-state index is 0. The predicted molar refractivity (Wildman–Crippen MR) is 120 cm³/mol. The average molecular weight is 434 g/mol. The number of likely N-dealkylation sites (N-methyl/N-ethyl adjacent to an activating group) is 1. The zero-order valence-corrected chi connectivity index (χ0v) is 18.8. The van der Waals surface area contributed by atoms with Crippen molar-refractivity contribution < 1.29 is 9.59 Å². The Kier molecular flexibility index (Phi) is 8.87. The van der Waals surface area contributed by atoms with Crippen molar-refractivity contribution in [2.24, 2.45) is 0 Å². The van der Waals surface area contributed by atoms with Gasteiger partial charge in [0.2, 0.25) is 5.91 Å². The molecule has 0 saturated carbocycles. The minimum Gasteiger partial charge on any atom is -0.352 e. The summed E-state index contributed by atoms with van der Waals surface area (Å²) in [6, 6.07) is 12.1. The molecular formula is C22H32ClN5O2. The number of halogens is 1. The van der Waals surface area contributed by atoms with Gasteiger partial charge in [0.05, 0.1) is 0 Å². The first kappa shape index (κ1) is 23.9. The van der Waals surface area contributed by atoms with Gasteiger partial charge in [0.1, 0.15) is 6.54 Å². The molecule has 2 amide bonds. The standard InChI is InChI=1S/C22H31N5O2.ClH/c1-17(9-10-19-7-5-4-6-8-19)23-21(28)16-27-18(2)15-20(24-27)22(29)26-13-11-25(3)12-14-26;/h4-8,15,17H,9-14,16H2,1-3H3,(H,23,28);1H. The Hall–Kier alpha value is -2.38. The van der Waals surface area contributed by atoms with Crippen molar-refractivity contribution in [2.45, 2.75) is 39.3 Å². The van der Waals surface area contributed by atoms with Gasteiger partial charge in [-0.1, -0.05) is 30.3 Å². The molecule has 1 aromatic carbocycles. The van der Waals surface area contributed by atoms with Gasteiger partial charge in [-0.15, -0.1) is 12.4 Å². The Balaban J connectivity index is 0.00000320. The van der Waals surface area contributed by atoms with E-state index in [9.17, 15) is 9.59 Å². The van der Waals surface area contributed by atoms with Gasteiger partial charge in [-0.05, 0) is 45.4 Å². The maximum atomic E-state index is 12.7. The lowest BCUT2D eigenvalue weighted by molar-refractivity contribution is -0.122. The average Bonchev–Trinajstić information content (AvgIpc) is 3.07. The Morgan fingerprint density at radius 3 is 2.47 bits per heavy atom. The molecule has 1 aliphatic rings. The number of aryl methyl sites for hydroxylation is 2. The number of carbonyl (C=O) groups is 2. The zero-order chi connectivity index (χ0) is 20.8. The van der Waals surface area contributed by atoms with Crippen molar-refractivity contribution in [3.8, 4) is 0 Å². The molecule has 0 bridgehead atoms.